The second kappa shape index (κ2) is 9.06. The first-order valence-corrected chi connectivity index (χ1v) is 13.6. The first kappa shape index (κ1) is 24.1. The summed E-state index contributed by atoms with van der Waals surface area (Å²) in [4.78, 5) is 9.84. The molecule has 4 nitrogen and oxygen atoms in total. The molecule has 1 N–H and O–H groups in total. The van der Waals surface area contributed by atoms with E-state index in [0.717, 1.165) is 55.4 Å². The van der Waals surface area contributed by atoms with Crippen LogP contribution in [0.3, 0.4) is 0 Å². The van der Waals surface area contributed by atoms with Crippen molar-refractivity contribution in [3.8, 4) is 33.8 Å². The highest BCUT2D eigenvalue weighted by Gasteiger charge is 2.20. The molecule has 0 spiro atoms. The van der Waals surface area contributed by atoms with Gasteiger partial charge in [0.15, 0.2) is 0 Å². The lowest BCUT2D eigenvalue weighted by Gasteiger charge is -2.22. The molecule has 0 aliphatic rings. The van der Waals surface area contributed by atoms with E-state index in [-0.39, 0.29) is 11.2 Å². The molecule has 0 atom stereocenters. The average molecular weight is 520 g/mol. The number of hydrogen-bond donors (Lipinski definition) is 1. The van der Waals surface area contributed by atoms with Crippen molar-refractivity contribution in [2.24, 2.45) is 0 Å². The van der Waals surface area contributed by atoms with Crippen LogP contribution in [0.5, 0.6) is 5.75 Å². The zero-order valence-corrected chi connectivity index (χ0v) is 22.8. The molecule has 7 aromatic rings. The highest BCUT2D eigenvalue weighted by molar-refractivity contribution is 6.11. The van der Waals surface area contributed by atoms with E-state index in [4.69, 9.17) is 9.97 Å². The Bertz CT molecular complexity index is 2050. The van der Waals surface area contributed by atoms with Gasteiger partial charge < -0.3 is 5.11 Å². The van der Waals surface area contributed by atoms with Crippen LogP contribution >= 0.6 is 0 Å². The number of phenolic OH excluding ortho intramolecular Hbond substituents is 1. The van der Waals surface area contributed by atoms with Gasteiger partial charge in [0.05, 0.1) is 11.2 Å². The number of phenols is 1. The summed E-state index contributed by atoms with van der Waals surface area (Å²) < 4.78 is 2.22. The number of nitrogens with zero attached hydrogens (tertiary/aromatic N) is 3. The number of rotatable bonds is 3. The van der Waals surface area contributed by atoms with Crippen LogP contribution in [-0.2, 0) is 5.41 Å². The van der Waals surface area contributed by atoms with E-state index in [1.165, 1.54) is 5.56 Å². The van der Waals surface area contributed by atoms with Crippen molar-refractivity contribution in [2.45, 2.75) is 26.2 Å². The summed E-state index contributed by atoms with van der Waals surface area (Å²) in [6.07, 6.45) is 1.89. The van der Waals surface area contributed by atoms with Crippen molar-refractivity contribution >= 4 is 32.8 Å². The SMILES string of the molecule is CC(C)(C)c1cc(-c2cc(-c3ccccc3)ccn2)cc(-n2c3ccccc3c3cc4cccc(O)c4nc32)c1. The molecular weight excluding hydrogens is 490 g/mol. The van der Waals surface area contributed by atoms with Crippen LogP contribution < -0.4 is 0 Å². The van der Waals surface area contributed by atoms with Gasteiger partial charge in [-0.15, -0.1) is 0 Å². The summed E-state index contributed by atoms with van der Waals surface area (Å²) in [7, 11) is 0. The number of aromatic hydroxyl groups is 1. The van der Waals surface area contributed by atoms with Crippen molar-refractivity contribution < 1.29 is 5.11 Å². The fraction of sp³-hybridized carbons (Fsp3) is 0.111. The topological polar surface area (TPSA) is 50.9 Å². The third-order valence-corrected chi connectivity index (χ3v) is 7.66. The molecule has 194 valence electrons. The van der Waals surface area contributed by atoms with Gasteiger partial charge in [-0.1, -0.05) is 81.4 Å². The van der Waals surface area contributed by atoms with Crippen LogP contribution in [-0.4, -0.2) is 19.6 Å². The molecule has 0 bridgehead atoms. The van der Waals surface area contributed by atoms with Gasteiger partial charge in [-0.2, -0.15) is 0 Å². The fourth-order valence-electron chi connectivity index (χ4n) is 5.53. The van der Waals surface area contributed by atoms with Crippen molar-refractivity contribution in [1.82, 2.24) is 14.5 Å². The Hall–Kier alpha value is -4.96. The smallest absolute Gasteiger partial charge is 0.146 e. The van der Waals surface area contributed by atoms with Crippen molar-refractivity contribution in [3.63, 3.8) is 0 Å². The average Bonchev–Trinajstić information content (AvgIpc) is 3.30. The zero-order chi connectivity index (χ0) is 27.4. The molecule has 7 rings (SSSR count). The molecule has 3 aromatic heterocycles. The van der Waals surface area contributed by atoms with E-state index in [1.54, 1.807) is 6.07 Å². The Balaban J connectivity index is 1.52. The van der Waals surface area contributed by atoms with Gasteiger partial charge in [-0.05, 0) is 70.6 Å². The van der Waals surface area contributed by atoms with E-state index < -0.39 is 0 Å². The molecule has 4 aromatic carbocycles. The minimum absolute atomic E-state index is 0.0844. The van der Waals surface area contributed by atoms with Gasteiger partial charge in [0.1, 0.15) is 16.9 Å². The minimum atomic E-state index is -0.0844. The van der Waals surface area contributed by atoms with Crippen LogP contribution in [0.4, 0.5) is 0 Å². The summed E-state index contributed by atoms with van der Waals surface area (Å²) in [5.41, 5.74) is 8.90. The van der Waals surface area contributed by atoms with Crippen molar-refractivity contribution in [3.05, 3.63) is 121 Å². The van der Waals surface area contributed by atoms with Crippen LogP contribution in [0.15, 0.2) is 115 Å². The number of para-hydroxylation sites is 2. The fourth-order valence-corrected chi connectivity index (χ4v) is 5.53. The lowest BCUT2D eigenvalue weighted by molar-refractivity contribution is 0.480. The molecule has 0 unspecified atom stereocenters. The number of fused-ring (bicyclic) bond motifs is 4. The highest BCUT2D eigenvalue weighted by atomic mass is 16.3. The predicted molar refractivity (Wildman–Crippen MR) is 165 cm³/mol. The molecule has 0 aliphatic carbocycles. The summed E-state index contributed by atoms with van der Waals surface area (Å²) in [6.45, 7) is 6.71. The van der Waals surface area contributed by atoms with Gasteiger partial charge in [-0.3, -0.25) is 9.55 Å². The lowest BCUT2D eigenvalue weighted by atomic mass is 9.85. The molecule has 4 heteroatoms. The molecule has 0 saturated carbocycles. The molecule has 0 amide bonds. The Labute approximate surface area is 233 Å². The number of benzene rings is 4. The van der Waals surface area contributed by atoms with E-state index >= 15 is 0 Å². The van der Waals surface area contributed by atoms with Crippen LogP contribution in [0, 0.1) is 0 Å². The van der Waals surface area contributed by atoms with E-state index in [9.17, 15) is 5.11 Å². The third kappa shape index (κ3) is 4.00. The molecular formula is C36H29N3O. The van der Waals surface area contributed by atoms with Gasteiger partial charge in [0, 0.05) is 33.6 Å². The molecule has 40 heavy (non-hydrogen) atoms. The van der Waals surface area contributed by atoms with Gasteiger partial charge in [-0.25, -0.2) is 4.98 Å². The summed E-state index contributed by atoms with van der Waals surface area (Å²) in [6, 6.07) is 37.4. The number of aromatic nitrogens is 3. The maximum Gasteiger partial charge on any atom is 0.146 e. The highest BCUT2D eigenvalue weighted by Crippen LogP contribution is 2.38. The number of hydrogen-bond acceptors (Lipinski definition) is 3. The van der Waals surface area contributed by atoms with Crippen molar-refractivity contribution in [2.75, 3.05) is 0 Å². The first-order valence-electron chi connectivity index (χ1n) is 13.6. The maximum atomic E-state index is 10.7. The summed E-state index contributed by atoms with van der Waals surface area (Å²) >= 11 is 0. The Kier molecular flexibility index (Phi) is 5.46. The van der Waals surface area contributed by atoms with E-state index in [2.05, 4.69) is 110 Å². The zero-order valence-electron chi connectivity index (χ0n) is 22.8. The molecule has 0 aliphatic heterocycles. The normalized spacial score (nSPS) is 12.0. The Morgan fingerprint density at radius 1 is 0.675 bits per heavy atom. The standard InChI is InChI=1S/C36H29N3O/c1-36(2,3)27-18-26(31-21-24(16-17-37-31)23-10-5-4-6-11-23)19-28(22-27)39-32-14-8-7-13-29(32)30-20-25-12-9-15-33(40)34(25)38-35(30)39/h4-22,40H,1-3H3. The first-order chi connectivity index (χ1) is 19.4. The maximum absolute atomic E-state index is 10.7. The molecule has 3 heterocycles. The largest absolute Gasteiger partial charge is 0.506 e. The Morgan fingerprint density at radius 3 is 2.30 bits per heavy atom. The second-order valence-electron chi connectivity index (χ2n) is 11.4. The van der Waals surface area contributed by atoms with Gasteiger partial charge in [0.2, 0.25) is 0 Å². The van der Waals surface area contributed by atoms with E-state index in [1.807, 2.05) is 24.4 Å². The predicted octanol–water partition coefficient (Wildman–Crippen LogP) is 9.06. The lowest BCUT2D eigenvalue weighted by Crippen LogP contribution is -2.12. The Morgan fingerprint density at radius 2 is 1.48 bits per heavy atom. The van der Waals surface area contributed by atoms with Crippen LogP contribution in [0.1, 0.15) is 26.3 Å². The van der Waals surface area contributed by atoms with Crippen LogP contribution in [0.25, 0.3) is 60.9 Å². The summed E-state index contributed by atoms with van der Waals surface area (Å²) in [5, 5.41) is 13.8. The minimum Gasteiger partial charge on any atom is -0.506 e. The van der Waals surface area contributed by atoms with Crippen LogP contribution in [0.2, 0.25) is 0 Å². The second-order valence-corrected chi connectivity index (χ2v) is 11.4. The third-order valence-electron chi connectivity index (χ3n) is 7.66. The summed E-state index contributed by atoms with van der Waals surface area (Å²) in [5.74, 6) is 0.183. The molecule has 0 fully saturated rings. The van der Waals surface area contributed by atoms with E-state index in [0.29, 0.717) is 5.52 Å². The van der Waals surface area contributed by atoms with Gasteiger partial charge >= 0.3 is 0 Å². The molecule has 0 radical (unpaired) electrons. The molecule has 0 saturated heterocycles. The monoisotopic (exact) mass is 519 g/mol. The van der Waals surface area contributed by atoms with Crippen molar-refractivity contribution in [1.29, 1.82) is 0 Å². The number of pyridine rings is 2. The van der Waals surface area contributed by atoms with Gasteiger partial charge in [0.25, 0.3) is 0 Å². The quantitative estimate of drug-likeness (QED) is 0.253.